The van der Waals surface area contributed by atoms with Gasteiger partial charge in [0.15, 0.2) is 0 Å². The van der Waals surface area contributed by atoms with Crippen LogP contribution in [0.2, 0.25) is 0 Å². The molecule has 0 aliphatic carbocycles. The van der Waals surface area contributed by atoms with Crippen molar-refractivity contribution in [2.24, 2.45) is 4.99 Å². The van der Waals surface area contributed by atoms with Gasteiger partial charge in [-0.2, -0.15) is 0 Å². The fourth-order valence-electron chi connectivity index (χ4n) is 2.58. The van der Waals surface area contributed by atoms with Gasteiger partial charge in [-0.3, -0.25) is 9.79 Å². The molecule has 1 aromatic carbocycles. The molecule has 1 N–H and O–H groups in total. The van der Waals surface area contributed by atoms with Crippen LogP contribution in [0.1, 0.15) is 28.1 Å². The number of aryl methyl sites for hydroxylation is 2. The molecule has 0 radical (unpaired) electrons. The number of rotatable bonds is 3. The van der Waals surface area contributed by atoms with E-state index in [0.29, 0.717) is 6.42 Å². The predicted octanol–water partition coefficient (Wildman–Crippen LogP) is 2.60. The van der Waals surface area contributed by atoms with E-state index in [4.69, 9.17) is 9.63 Å². The third-order valence-corrected chi connectivity index (χ3v) is 3.43. The highest BCUT2D eigenvalue weighted by molar-refractivity contribution is 6.07. The van der Waals surface area contributed by atoms with Gasteiger partial charge in [-0.15, -0.1) is 0 Å². The summed E-state index contributed by atoms with van der Waals surface area (Å²) in [5.41, 5.74) is 5.48. The highest BCUT2D eigenvalue weighted by atomic mass is 16.5. The second-order valence-corrected chi connectivity index (χ2v) is 4.97. The van der Waals surface area contributed by atoms with Crippen LogP contribution in [0.15, 0.2) is 27.7 Å². The van der Waals surface area contributed by atoms with Gasteiger partial charge in [-0.1, -0.05) is 17.3 Å². The average Bonchev–Trinajstić information content (AvgIpc) is 2.91. The van der Waals surface area contributed by atoms with Crippen LogP contribution in [0, 0.1) is 13.8 Å². The fraction of sp³-hybridized carbons (Fsp3) is 0.267. The number of nitrogens with zero attached hydrogens (tertiary/aromatic N) is 2. The second kappa shape index (κ2) is 4.59. The lowest BCUT2D eigenvalue weighted by atomic mass is 10.0. The summed E-state index contributed by atoms with van der Waals surface area (Å²) in [6, 6.07) is 5.60. The van der Waals surface area contributed by atoms with E-state index in [2.05, 4.69) is 10.1 Å². The maximum Gasteiger partial charge on any atom is 0.307 e. The maximum absolute atomic E-state index is 10.8. The van der Waals surface area contributed by atoms with Crippen molar-refractivity contribution in [1.82, 2.24) is 5.16 Å². The van der Waals surface area contributed by atoms with Crippen molar-refractivity contribution in [3.05, 3.63) is 46.3 Å². The highest BCUT2D eigenvalue weighted by Crippen LogP contribution is 2.31. The summed E-state index contributed by atoms with van der Waals surface area (Å²) in [5.74, 6) is -0.0605. The Balaban J connectivity index is 1.93. The molecule has 5 heteroatoms. The quantitative estimate of drug-likeness (QED) is 0.930. The average molecular weight is 270 g/mol. The van der Waals surface area contributed by atoms with Crippen molar-refractivity contribution in [3.8, 4) is 0 Å². The summed E-state index contributed by atoms with van der Waals surface area (Å²) in [6.07, 6.45) is 0.722. The zero-order chi connectivity index (χ0) is 14.3. The van der Waals surface area contributed by atoms with E-state index in [-0.39, 0.29) is 6.42 Å². The predicted molar refractivity (Wildman–Crippen MR) is 73.7 cm³/mol. The summed E-state index contributed by atoms with van der Waals surface area (Å²) in [5, 5.41) is 12.8. The standard InChI is InChI=1S/C15H14N2O3/c1-8-15(9(2)20-17-8)13-7-11-5-10(6-14(18)19)3-4-12(11)16-13/h3-5H,6-7H2,1-2H3,(H,18,19). The Morgan fingerprint density at radius 3 is 2.85 bits per heavy atom. The van der Waals surface area contributed by atoms with Crippen molar-refractivity contribution in [3.63, 3.8) is 0 Å². The van der Waals surface area contributed by atoms with E-state index in [1.54, 1.807) is 0 Å². The van der Waals surface area contributed by atoms with Gasteiger partial charge in [0.25, 0.3) is 0 Å². The Kier molecular flexibility index (Phi) is 2.89. The van der Waals surface area contributed by atoms with Gasteiger partial charge in [0.1, 0.15) is 5.76 Å². The molecular weight excluding hydrogens is 256 g/mol. The molecule has 1 aromatic heterocycles. The fourth-order valence-corrected chi connectivity index (χ4v) is 2.58. The van der Waals surface area contributed by atoms with Gasteiger partial charge in [0.05, 0.1) is 29.1 Å². The summed E-state index contributed by atoms with van der Waals surface area (Å²) < 4.78 is 5.17. The minimum absolute atomic E-state index is 0.0356. The van der Waals surface area contributed by atoms with Gasteiger partial charge in [-0.25, -0.2) is 0 Å². The Hall–Kier alpha value is -2.43. The zero-order valence-corrected chi connectivity index (χ0v) is 11.3. The van der Waals surface area contributed by atoms with E-state index in [1.807, 2.05) is 32.0 Å². The van der Waals surface area contributed by atoms with Crippen molar-refractivity contribution in [2.75, 3.05) is 0 Å². The van der Waals surface area contributed by atoms with Crippen LogP contribution in [-0.4, -0.2) is 21.9 Å². The third kappa shape index (κ3) is 2.11. The molecule has 0 spiro atoms. The van der Waals surface area contributed by atoms with Crippen LogP contribution in [0.25, 0.3) is 0 Å². The van der Waals surface area contributed by atoms with Crippen molar-refractivity contribution < 1.29 is 14.4 Å². The van der Waals surface area contributed by atoms with Crippen LogP contribution >= 0.6 is 0 Å². The van der Waals surface area contributed by atoms with E-state index in [9.17, 15) is 4.79 Å². The second-order valence-electron chi connectivity index (χ2n) is 4.97. The molecule has 1 aliphatic rings. The largest absolute Gasteiger partial charge is 0.481 e. The number of hydrogen-bond donors (Lipinski definition) is 1. The van der Waals surface area contributed by atoms with Crippen LogP contribution in [-0.2, 0) is 17.6 Å². The molecular formula is C15H14N2O3. The lowest BCUT2D eigenvalue weighted by molar-refractivity contribution is -0.136. The lowest BCUT2D eigenvalue weighted by Crippen LogP contribution is -2.04. The first-order valence-corrected chi connectivity index (χ1v) is 6.39. The molecule has 20 heavy (non-hydrogen) atoms. The molecule has 2 heterocycles. The number of aliphatic carboxylic acids is 1. The Labute approximate surface area is 115 Å². The SMILES string of the molecule is Cc1noc(C)c1C1=Nc2ccc(CC(=O)O)cc2C1. The van der Waals surface area contributed by atoms with Gasteiger partial charge in [-0.05, 0) is 31.0 Å². The monoisotopic (exact) mass is 270 g/mol. The molecule has 0 fully saturated rings. The van der Waals surface area contributed by atoms with Crippen molar-refractivity contribution in [1.29, 1.82) is 0 Å². The third-order valence-electron chi connectivity index (χ3n) is 3.43. The minimum atomic E-state index is -0.824. The van der Waals surface area contributed by atoms with Crippen molar-refractivity contribution in [2.45, 2.75) is 26.7 Å². The maximum atomic E-state index is 10.8. The number of carbonyl (C=O) groups is 1. The molecule has 0 saturated carbocycles. The molecule has 0 unspecified atom stereocenters. The first-order valence-electron chi connectivity index (χ1n) is 6.39. The van der Waals surface area contributed by atoms with Gasteiger partial charge < -0.3 is 9.63 Å². The van der Waals surface area contributed by atoms with Crippen LogP contribution < -0.4 is 0 Å². The van der Waals surface area contributed by atoms with Crippen molar-refractivity contribution >= 4 is 17.4 Å². The smallest absolute Gasteiger partial charge is 0.307 e. The first kappa shape index (κ1) is 12.6. The van der Waals surface area contributed by atoms with Crippen LogP contribution in [0.3, 0.4) is 0 Å². The Morgan fingerprint density at radius 1 is 1.40 bits per heavy atom. The number of benzene rings is 1. The summed E-state index contributed by atoms with van der Waals surface area (Å²) >= 11 is 0. The molecule has 1 aliphatic heterocycles. The molecule has 0 bridgehead atoms. The first-order chi connectivity index (χ1) is 9.54. The highest BCUT2D eigenvalue weighted by Gasteiger charge is 2.22. The van der Waals surface area contributed by atoms with Gasteiger partial charge in [0.2, 0.25) is 0 Å². The number of aromatic nitrogens is 1. The lowest BCUT2D eigenvalue weighted by Gasteiger charge is -2.01. The topological polar surface area (TPSA) is 75.7 Å². The number of aliphatic imine (C=N–C) groups is 1. The van der Waals surface area contributed by atoms with E-state index in [1.165, 1.54) is 0 Å². The Bertz CT molecular complexity index is 709. The summed E-state index contributed by atoms with van der Waals surface area (Å²) in [7, 11) is 0. The summed E-state index contributed by atoms with van der Waals surface area (Å²) in [4.78, 5) is 15.4. The normalized spacial score (nSPS) is 13.2. The summed E-state index contributed by atoms with van der Waals surface area (Å²) in [6.45, 7) is 3.77. The van der Waals surface area contributed by atoms with E-state index >= 15 is 0 Å². The van der Waals surface area contributed by atoms with E-state index in [0.717, 1.165) is 39.5 Å². The van der Waals surface area contributed by atoms with E-state index < -0.39 is 5.97 Å². The van der Waals surface area contributed by atoms with Crippen LogP contribution in [0.5, 0.6) is 0 Å². The molecule has 0 atom stereocenters. The molecule has 5 nitrogen and oxygen atoms in total. The zero-order valence-electron chi connectivity index (χ0n) is 11.3. The molecule has 0 amide bonds. The van der Waals surface area contributed by atoms with Crippen LogP contribution in [0.4, 0.5) is 5.69 Å². The van der Waals surface area contributed by atoms with Gasteiger partial charge in [0, 0.05) is 6.42 Å². The number of carboxylic acids is 1. The number of hydrogen-bond acceptors (Lipinski definition) is 4. The Morgan fingerprint density at radius 2 is 2.20 bits per heavy atom. The number of fused-ring (bicyclic) bond motifs is 1. The molecule has 3 rings (SSSR count). The molecule has 2 aromatic rings. The molecule has 0 saturated heterocycles. The minimum Gasteiger partial charge on any atom is -0.481 e. The number of carboxylic acid groups (broad SMARTS) is 1. The molecule has 102 valence electrons. The van der Waals surface area contributed by atoms with Gasteiger partial charge >= 0.3 is 5.97 Å².